The zero-order chi connectivity index (χ0) is 17.6. The maximum atomic E-state index is 12.5. The van der Waals surface area contributed by atoms with E-state index in [2.05, 4.69) is 16.0 Å². The molecular weight excluding hydrogens is 370 g/mol. The molecule has 1 aromatic carbocycles. The molecule has 3 rings (SSSR count). The van der Waals surface area contributed by atoms with E-state index in [-0.39, 0.29) is 24.2 Å². The number of thiophene rings is 1. The van der Waals surface area contributed by atoms with Gasteiger partial charge in [-0.3, -0.25) is 9.59 Å². The Hall–Kier alpha value is -1.89. The van der Waals surface area contributed by atoms with E-state index < -0.39 is 0 Å². The topological polar surface area (TPSA) is 70.2 Å². The van der Waals surface area contributed by atoms with E-state index in [1.54, 1.807) is 6.07 Å². The highest BCUT2D eigenvalue weighted by atomic mass is 35.5. The van der Waals surface area contributed by atoms with Gasteiger partial charge in [-0.2, -0.15) is 0 Å². The van der Waals surface area contributed by atoms with Crippen molar-refractivity contribution < 1.29 is 9.59 Å². The van der Waals surface area contributed by atoms with Crippen molar-refractivity contribution in [2.45, 2.75) is 25.7 Å². The maximum absolute atomic E-state index is 12.5. The van der Waals surface area contributed by atoms with E-state index in [1.165, 1.54) is 22.5 Å². The van der Waals surface area contributed by atoms with Crippen molar-refractivity contribution in [1.29, 1.82) is 0 Å². The third-order valence-electron chi connectivity index (χ3n) is 4.39. The molecule has 0 atom stereocenters. The summed E-state index contributed by atoms with van der Waals surface area (Å²) in [6, 6.07) is 7.63. The van der Waals surface area contributed by atoms with Gasteiger partial charge in [0.05, 0.1) is 5.56 Å². The van der Waals surface area contributed by atoms with E-state index in [0.717, 1.165) is 32.2 Å². The second-order valence-corrected chi connectivity index (χ2v) is 7.08. The molecule has 0 fully saturated rings. The molecule has 0 saturated carbocycles. The third-order valence-corrected chi connectivity index (χ3v) is 5.22. The van der Waals surface area contributed by atoms with Gasteiger partial charge >= 0.3 is 0 Å². The van der Waals surface area contributed by atoms with Gasteiger partial charge in [-0.05, 0) is 74.0 Å². The van der Waals surface area contributed by atoms with Crippen molar-refractivity contribution in [3.63, 3.8) is 0 Å². The van der Waals surface area contributed by atoms with Crippen LogP contribution in [-0.4, -0.2) is 32.0 Å². The Bertz CT molecular complexity index is 776. The van der Waals surface area contributed by atoms with E-state index in [9.17, 15) is 9.59 Å². The summed E-state index contributed by atoms with van der Waals surface area (Å²) < 4.78 is 0. The molecule has 0 aliphatic heterocycles. The number of anilines is 1. The highest BCUT2D eigenvalue weighted by Crippen LogP contribution is 2.26. The van der Waals surface area contributed by atoms with Crippen LogP contribution >= 0.6 is 23.7 Å². The fourth-order valence-electron chi connectivity index (χ4n) is 3.04. The number of carbonyl (C=O) groups is 2. The number of halogens is 1. The van der Waals surface area contributed by atoms with Crippen LogP contribution in [0.3, 0.4) is 0 Å². The average Bonchev–Trinajstić information content (AvgIpc) is 3.26. The molecule has 26 heavy (non-hydrogen) atoms. The standard InChI is InChI=1S/C19H23N3O2S.ClH/c1-20-9-3-10-21-18(24)16-8-11-25-19(16)22-17(23)15-7-6-13-4-2-5-14(13)12-15;/h6-8,11-12,20H,2-5,9-10H2,1H3,(H,21,24)(H,22,23);1H. The van der Waals surface area contributed by atoms with Crippen molar-refractivity contribution >= 4 is 40.6 Å². The van der Waals surface area contributed by atoms with E-state index in [0.29, 0.717) is 22.7 Å². The van der Waals surface area contributed by atoms with Crippen molar-refractivity contribution in [3.05, 3.63) is 51.9 Å². The first-order valence-electron chi connectivity index (χ1n) is 8.62. The SMILES string of the molecule is CNCCCNC(=O)c1ccsc1NC(=O)c1ccc2c(c1)CCC2.Cl. The molecular formula is C19H24ClN3O2S. The molecule has 1 aliphatic rings. The van der Waals surface area contributed by atoms with Crippen molar-refractivity contribution in [2.24, 2.45) is 0 Å². The molecule has 1 aromatic heterocycles. The Balaban J connectivity index is 0.00000243. The molecule has 0 spiro atoms. The van der Waals surface area contributed by atoms with E-state index in [4.69, 9.17) is 0 Å². The number of rotatable bonds is 7. The second kappa shape index (κ2) is 9.71. The molecule has 2 aromatic rings. The lowest BCUT2D eigenvalue weighted by molar-refractivity contribution is 0.0954. The van der Waals surface area contributed by atoms with E-state index >= 15 is 0 Å². The normalized spacial score (nSPS) is 12.2. The summed E-state index contributed by atoms with van der Waals surface area (Å²) in [5.41, 5.74) is 3.77. The summed E-state index contributed by atoms with van der Waals surface area (Å²) in [6.07, 6.45) is 4.15. The zero-order valence-electron chi connectivity index (χ0n) is 14.8. The molecule has 2 amide bonds. The molecule has 0 unspecified atom stereocenters. The second-order valence-electron chi connectivity index (χ2n) is 6.17. The van der Waals surface area contributed by atoms with Crippen LogP contribution in [0.4, 0.5) is 5.00 Å². The molecule has 140 valence electrons. The quantitative estimate of drug-likeness (QED) is 0.632. The Labute approximate surface area is 164 Å². The summed E-state index contributed by atoms with van der Waals surface area (Å²) >= 11 is 1.36. The number of benzene rings is 1. The van der Waals surface area contributed by atoms with Gasteiger partial charge < -0.3 is 16.0 Å². The maximum Gasteiger partial charge on any atom is 0.256 e. The van der Waals surface area contributed by atoms with Crippen LogP contribution < -0.4 is 16.0 Å². The largest absolute Gasteiger partial charge is 0.352 e. The molecule has 1 heterocycles. The summed E-state index contributed by atoms with van der Waals surface area (Å²) in [6.45, 7) is 1.46. The molecule has 5 nitrogen and oxygen atoms in total. The summed E-state index contributed by atoms with van der Waals surface area (Å²) in [4.78, 5) is 24.8. The molecule has 1 aliphatic carbocycles. The van der Waals surface area contributed by atoms with Crippen LogP contribution in [0.25, 0.3) is 0 Å². The number of carbonyl (C=O) groups excluding carboxylic acids is 2. The first-order valence-corrected chi connectivity index (χ1v) is 9.50. The minimum absolute atomic E-state index is 0. The third kappa shape index (κ3) is 4.84. The van der Waals surface area contributed by atoms with Crippen LogP contribution in [0.1, 0.15) is 44.7 Å². The van der Waals surface area contributed by atoms with Gasteiger partial charge in [-0.25, -0.2) is 0 Å². The number of aryl methyl sites for hydroxylation is 2. The van der Waals surface area contributed by atoms with Gasteiger partial charge in [0.2, 0.25) is 0 Å². The first-order chi connectivity index (χ1) is 12.2. The number of nitrogens with one attached hydrogen (secondary N) is 3. The summed E-state index contributed by atoms with van der Waals surface area (Å²) in [5.74, 6) is -0.317. The van der Waals surface area contributed by atoms with E-state index in [1.807, 2.05) is 30.6 Å². The van der Waals surface area contributed by atoms with Gasteiger partial charge in [0.25, 0.3) is 11.8 Å². The smallest absolute Gasteiger partial charge is 0.256 e. The fourth-order valence-corrected chi connectivity index (χ4v) is 3.82. The number of fused-ring (bicyclic) bond motifs is 1. The Morgan fingerprint density at radius 2 is 1.88 bits per heavy atom. The van der Waals surface area contributed by atoms with Crippen LogP contribution in [0, 0.1) is 0 Å². The Kier molecular flexibility index (Phi) is 7.63. The molecule has 7 heteroatoms. The van der Waals surface area contributed by atoms with Crippen molar-refractivity contribution in [3.8, 4) is 0 Å². The van der Waals surface area contributed by atoms with Crippen LogP contribution in [0.5, 0.6) is 0 Å². The summed E-state index contributed by atoms with van der Waals surface area (Å²) in [7, 11) is 1.88. The summed E-state index contributed by atoms with van der Waals surface area (Å²) in [5, 5.41) is 11.2. The average molecular weight is 394 g/mol. The lowest BCUT2D eigenvalue weighted by atomic mass is 10.1. The molecule has 0 saturated heterocycles. The number of amides is 2. The highest BCUT2D eigenvalue weighted by Gasteiger charge is 2.17. The van der Waals surface area contributed by atoms with Gasteiger partial charge in [0, 0.05) is 12.1 Å². The first kappa shape index (κ1) is 20.4. The lowest BCUT2D eigenvalue weighted by Crippen LogP contribution is -2.27. The van der Waals surface area contributed by atoms with Gasteiger partial charge in [-0.15, -0.1) is 23.7 Å². The predicted octanol–water partition coefficient (Wildman–Crippen LogP) is 3.25. The van der Waals surface area contributed by atoms with Crippen molar-refractivity contribution in [2.75, 3.05) is 25.5 Å². The molecule has 0 radical (unpaired) electrons. The number of hydrogen-bond donors (Lipinski definition) is 3. The van der Waals surface area contributed by atoms with Crippen molar-refractivity contribution in [1.82, 2.24) is 10.6 Å². The minimum Gasteiger partial charge on any atom is -0.352 e. The molecule has 3 N–H and O–H groups in total. The zero-order valence-corrected chi connectivity index (χ0v) is 16.4. The Morgan fingerprint density at radius 3 is 2.69 bits per heavy atom. The van der Waals surface area contributed by atoms with Gasteiger partial charge in [0.1, 0.15) is 5.00 Å². The molecule has 0 bridgehead atoms. The predicted molar refractivity (Wildman–Crippen MR) is 109 cm³/mol. The highest BCUT2D eigenvalue weighted by molar-refractivity contribution is 7.14. The lowest BCUT2D eigenvalue weighted by Gasteiger charge is -2.09. The minimum atomic E-state index is -0.165. The van der Waals surface area contributed by atoms with Crippen LogP contribution in [-0.2, 0) is 12.8 Å². The monoisotopic (exact) mass is 393 g/mol. The van der Waals surface area contributed by atoms with Gasteiger partial charge in [-0.1, -0.05) is 6.07 Å². The number of hydrogen-bond acceptors (Lipinski definition) is 4. The van der Waals surface area contributed by atoms with Gasteiger partial charge in [0.15, 0.2) is 0 Å². The Morgan fingerprint density at radius 1 is 1.08 bits per heavy atom. The fraction of sp³-hybridized carbons (Fsp3) is 0.368. The van der Waals surface area contributed by atoms with Crippen LogP contribution in [0.15, 0.2) is 29.6 Å². The van der Waals surface area contributed by atoms with Crippen LogP contribution in [0.2, 0.25) is 0 Å².